The number of likely N-dealkylation sites (N-methyl/N-ethyl adjacent to an activating group) is 2. The molecule has 2 heterocycles. The molecule has 1 aromatic rings. The first-order chi connectivity index (χ1) is 12.8. The highest BCUT2D eigenvalue weighted by Gasteiger charge is 2.25. The molecule has 8 nitrogen and oxygen atoms in total. The molecule has 0 spiro atoms. The molecule has 2 rings (SSSR count). The van der Waals surface area contributed by atoms with E-state index < -0.39 is 10.0 Å². The third-order valence-corrected chi connectivity index (χ3v) is 7.15. The van der Waals surface area contributed by atoms with E-state index >= 15 is 0 Å². The fourth-order valence-electron chi connectivity index (χ4n) is 2.66. The van der Waals surface area contributed by atoms with Crippen LogP contribution in [0, 0.1) is 0 Å². The van der Waals surface area contributed by atoms with Gasteiger partial charge in [-0.05, 0) is 25.0 Å². The summed E-state index contributed by atoms with van der Waals surface area (Å²) in [4.78, 5) is 29.0. The van der Waals surface area contributed by atoms with Gasteiger partial charge in [-0.3, -0.25) is 9.59 Å². The topological polar surface area (TPSA) is 99.7 Å². The summed E-state index contributed by atoms with van der Waals surface area (Å²) in [6.07, 6.45) is 5.23. The van der Waals surface area contributed by atoms with Crippen LogP contribution in [0.25, 0.3) is 0 Å². The molecule has 1 aromatic heterocycles. The van der Waals surface area contributed by atoms with Crippen molar-refractivity contribution in [2.75, 3.05) is 39.5 Å². The number of rotatable bonds is 7. The molecule has 0 aromatic carbocycles. The molecule has 27 heavy (non-hydrogen) atoms. The van der Waals surface area contributed by atoms with Gasteiger partial charge in [-0.1, -0.05) is 24.6 Å². The van der Waals surface area contributed by atoms with Gasteiger partial charge in [-0.25, -0.2) is 13.4 Å². The smallest absolute Gasteiger partial charge is 0.244 e. The fourth-order valence-corrected chi connectivity index (χ4v) is 4.91. The standard InChI is InChI=1S/C17H26N4O4S2/c1-18-15(22)12-20(2)17(23)13-26-16-8-7-14(11-19-16)27(24,25)21-9-5-3-4-6-10-21/h7-8,11H,3-6,9-10,12-13H2,1-2H3,(H,18,22). The zero-order chi connectivity index (χ0) is 19.9. The van der Waals surface area contributed by atoms with Crippen molar-refractivity contribution in [3.05, 3.63) is 18.3 Å². The zero-order valence-electron chi connectivity index (χ0n) is 15.7. The van der Waals surface area contributed by atoms with E-state index in [1.165, 1.54) is 40.3 Å². The molecule has 0 bridgehead atoms. The Hall–Kier alpha value is -1.65. The number of thioether (sulfide) groups is 1. The van der Waals surface area contributed by atoms with Gasteiger partial charge in [-0.15, -0.1) is 0 Å². The predicted octanol–water partition coefficient (Wildman–Crippen LogP) is 0.943. The normalized spacial score (nSPS) is 15.8. The summed E-state index contributed by atoms with van der Waals surface area (Å²) in [5.74, 6) is -0.317. The van der Waals surface area contributed by atoms with Crippen LogP contribution in [0.15, 0.2) is 28.3 Å². The van der Waals surface area contributed by atoms with Gasteiger partial charge >= 0.3 is 0 Å². The van der Waals surface area contributed by atoms with Crippen molar-refractivity contribution in [2.24, 2.45) is 0 Å². The van der Waals surface area contributed by atoms with Crippen LogP contribution >= 0.6 is 11.8 Å². The molecule has 0 saturated carbocycles. The molecule has 1 fully saturated rings. The molecule has 1 aliphatic heterocycles. The first-order valence-electron chi connectivity index (χ1n) is 8.88. The van der Waals surface area contributed by atoms with Crippen molar-refractivity contribution < 1.29 is 18.0 Å². The zero-order valence-corrected chi connectivity index (χ0v) is 17.3. The molecule has 1 N–H and O–H groups in total. The highest BCUT2D eigenvalue weighted by Crippen LogP contribution is 2.22. The van der Waals surface area contributed by atoms with Crippen LogP contribution in [0.4, 0.5) is 0 Å². The van der Waals surface area contributed by atoms with Crippen LogP contribution in [0.5, 0.6) is 0 Å². The number of amides is 2. The number of sulfonamides is 1. The minimum Gasteiger partial charge on any atom is -0.358 e. The number of hydrogen-bond donors (Lipinski definition) is 1. The lowest BCUT2D eigenvalue weighted by atomic mass is 10.2. The number of carbonyl (C=O) groups is 2. The molecule has 0 unspecified atom stereocenters. The van der Waals surface area contributed by atoms with E-state index in [-0.39, 0.29) is 29.0 Å². The number of hydrogen-bond acceptors (Lipinski definition) is 6. The molecule has 0 radical (unpaired) electrons. The van der Waals surface area contributed by atoms with Crippen LogP contribution < -0.4 is 5.32 Å². The Morgan fingerprint density at radius 3 is 2.44 bits per heavy atom. The van der Waals surface area contributed by atoms with Gasteiger partial charge in [0, 0.05) is 33.4 Å². The average molecular weight is 415 g/mol. The summed E-state index contributed by atoms with van der Waals surface area (Å²) in [6.45, 7) is 1.09. The van der Waals surface area contributed by atoms with Crippen molar-refractivity contribution in [1.29, 1.82) is 0 Å². The lowest BCUT2D eigenvalue weighted by Gasteiger charge is -2.19. The molecule has 0 atom stereocenters. The Labute approximate surface area is 164 Å². The van der Waals surface area contributed by atoms with E-state index in [0.717, 1.165) is 25.7 Å². The minimum absolute atomic E-state index is 0.00363. The van der Waals surface area contributed by atoms with Crippen molar-refractivity contribution >= 4 is 33.6 Å². The second-order valence-electron chi connectivity index (χ2n) is 6.36. The van der Waals surface area contributed by atoms with E-state index in [2.05, 4.69) is 10.3 Å². The average Bonchev–Trinajstić information content (AvgIpc) is 2.96. The Morgan fingerprint density at radius 1 is 1.22 bits per heavy atom. The first-order valence-corrected chi connectivity index (χ1v) is 11.3. The van der Waals surface area contributed by atoms with Crippen LogP contribution in [0.2, 0.25) is 0 Å². The van der Waals surface area contributed by atoms with Crippen molar-refractivity contribution in [2.45, 2.75) is 35.6 Å². The maximum atomic E-state index is 12.7. The van der Waals surface area contributed by atoms with E-state index in [9.17, 15) is 18.0 Å². The summed E-state index contributed by atoms with van der Waals surface area (Å²) in [5, 5.41) is 3.02. The summed E-state index contributed by atoms with van der Waals surface area (Å²) in [6, 6.07) is 3.15. The third-order valence-electron chi connectivity index (χ3n) is 4.34. The van der Waals surface area contributed by atoms with Gasteiger partial charge in [-0.2, -0.15) is 4.31 Å². The number of pyridine rings is 1. The third kappa shape index (κ3) is 6.18. The van der Waals surface area contributed by atoms with E-state index in [1.807, 2.05) is 0 Å². The van der Waals surface area contributed by atoms with Crippen molar-refractivity contribution in [3.63, 3.8) is 0 Å². The minimum atomic E-state index is -3.52. The molecular formula is C17H26N4O4S2. The van der Waals surface area contributed by atoms with E-state index in [4.69, 9.17) is 0 Å². The summed E-state index contributed by atoms with van der Waals surface area (Å²) in [5.41, 5.74) is 0. The summed E-state index contributed by atoms with van der Waals surface area (Å²) >= 11 is 1.21. The lowest BCUT2D eigenvalue weighted by Crippen LogP contribution is -2.37. The van der Waals surface area contributed by atoms with Gasteiger partial charge < -0.3 is 10.2 Å². The molecule has 1 saturated heterocycles. The Bertz CT molecular complexity index is 745. The monoisotopic (exact) mass is 414 g/mol. The first kappa shape index (κ1) is 21.6. The molecular weight excluding hydrogens is 388 g/mol. The van der Waals surface area contributed by atoms with E-state index in [1.54, 1.807) is 13.1 Å². The van der Waals surface area contributed by atoms with E-state index in [0.29, 0.717) is 18.1 Å². The number of aromatic nitrogens is 1. The molecule has 150 valence electrons. The molecule has 0 aliphatic carbocycles. The van der Waals surface area contributed by atoms with Crippen LogP contribution in [-0.2, 0) is 19.6 Å². The number of nitrogens with one attached hydrogen (secondary N) is 1. The van der Waals surface area contributed by atoms with Crippen LogP contribution in [0.1, 0.15) is 25.7 Å². The van der Waals surface area contributed by atoms with Crippen molar-refractivity contribution in [3.8, 4) is 0 Å². The summed E-state index contributed by atoms with van der Waals surface area (Å²) in [7, 11) is -0.449. The molecule has 10 heteroatoms. The maximum Gasteiger partial charge on any atom is 0.244 e. The SMILES string of the molecule is CNC(=O)CN(C)C(=O)CSc1ccc(S(=O)(=O)N2CCCCCC2)cn1. The Kier molecular flexibility index (Phi) is 8.06. The highest BCUT2D eigenvalue weighted by molar-refractivity contribution is 7.99. The predicted molar refractivity (Wildman–Crippen MR) is 104 cm³/mol. The fraction of sp³-hybridized carbons (Fsp3) is 0.588. The van der Waals surface area contributed by atoms with Gasteiger partial charge in [0.25, 0.3) is 0 Å². The second kappa shape index (κ2) is 10.0. The van der Waals surface area contributed by atoms with Crippen LogP contribution in [-0.4, -0.2) is 73.9 Å². The quantitative estimate of drug-likeness (QED) is 0.667. The highest BCUT2D eigenvalue weighted by atomic mass is 32.2. The van der Waals surface area contributed by atoms with Gasteiger partial charge in [0.2, 0.25) is 21.8 Å². The number of carbonyl (C=O) groups excluding carboxylic acids is 2. The maximum absolute atomic E-state index is 12.7. The molecule has 2 amide bonds. The van der Waals surface area contributed by atoms with Crippen molar-refractivity contribution in [1.82, 2.24) is 19.5 Å². The Morgan fingerprint density at radius 2 is 1.89 bits per heavy atom. The van der Waals surface area contributed by atoms with Gasteiger partial charge in [0.15, 0.2) is 0 Å². The number of nitrogens with zero attached hydrogens (tertiary/aromatic N) is 3. The summed E-state index contributed by atoms with van der Waals surface area (Å²) < 4.78 is 27.0. The Balaban J connectivity index is 1.94. The lowest BCUT2D eigenvalue weighted by molar-refractivity contribution is -0.132. The largest absolute Gasteiger partial charge is 0.358 e. The van der Waals surface area contributed by atoms with Crippen LogP contribution in [0.3, 0.4) is 0 Å². The molecule has 1 aliphatic rings. The van der Waals surface area contributed by atoms with Gasteiger partial charge in [0.05, 0.1) is 17.3 Å². The van der Waals surface area contributed by atoms with Gasteiger partial charge in [0.1, 0.15) is 4.90 Å². The second-order valence-corrected chi connectivity index (χ2v) is 9.30.